The van der Waals surface area contributed by atoms with Gasteiger partial charge in [0.1, 0.15) is 0 Å². The van der Waals surface area contributed by atoms with Gasteiger partial charge in [0.2, 0.25) is 0 Å². The molecule has 1 rings (SSSR count). The molecular formula is C15H32N2O2. The highest BCUT2D eigenvalue weighted by Gasteiger charge is 2.29. The number of β-amino-alcohol motifs (C(OH)–C–C–N with tert-alkyl or cyclic N) is 1. The molecule has 1 saturated heterocycles. The topological polar surface area (TPSA) is 55.7 Å². The second kappa shape index (κ2) is 8.20. The van der Waals surface area contributed by atoms with Crippen molar-refractivity contribution >= 4 is 0 Å². The predicted octanol–water partition coefficient (Wildman–Crippen LogP) is 1.08. The van der Waals surface area contributed by atoms with Gasteiger partial charge >= 0.3 is 0 Å². The quantitative estimate of drug-likeness (QED) is 0.607. The van der Waals surface area contributed by atoms with Crippen molar-refractivity contribution in [3.8, 4) is 0 Å². The molecule has 4 heteroatoms. The Balaban J connectivity index is 2.47. The number of hydrogen-bond acceptors (Lipinski definition) is 4. The Morgan fingerprint density at radius 1 is 1.16 bits per heavy atom. The Bertz CT molecular complexity index is 241. The minimum Gasteiger partial charge on any atom is -0.396 e. The van der Waals surface area contributed by atoms with E-state index in [0.29, 0.717) is 17.4 Å². The zero-order valence-electron chi connectivity index (χ0n) is 12.9. The van der Waals surface area contributed by atoms with Crippen molar-refractivity contribution in [3.63, 3.8) is 0 Å². The summed E-state index contributed by atoms with van der Waals surface area (Å²) in [5, 5.41) is 21.5. The smallest absolute Gasteiger partial charge is 0.0558 e. The highest BCUT2D eigenvalue weighted by molar-refractivity contribution is 4.85. The molecule has 0 aromatic heterocycles. The second-order valence-electron chi connectivity index (χ2n) is 7.08. The Morgan fingerprint density at radius 3 is 2.47 bits per heavy atom. The fourth-order valence-corrected chi connectivity index (χ4v) is 3.17. The molecule has 0 aromatic rings. The van der Waals surface area contributed by atoms with Crippen molar-refractivity contribution in [1.29, 1.82) is 0 Å². The standard InChI is InChI=1S/C15H32N2O2/c1-15(2,3)10-13-9-14(16-5-4-7-18)12-17(11-13)6-8-19/h13-14,16,18-19H,4-12H2,1-3H3. The van der Waals surface area contributed by atoms with Crippen LogP contribution in [0.4, 0.5) is 0 Å². The zero-order valence-corrected chi connectivity index (χ0v) is 12.9. The summed E-state index contributed by atoms with van der Waals surface area (Å²) in [5.74, 6) is 0.701. The third kappa shape index (κ3) is 7.25. The normalized spacial score (nSPS) is 25.7. The maximum atomic E-state index is 9.14. The van der Waals surface area contributed by atoms with Crippen molar-refractivity contribution in [2.45, 2.75) is 46.1 Å². The van der Waals surface area contributed by atoms with Gasteiger partial charge in [-0.05, 0) is 37.1 Å². The molecule has 0 spiro atoms. The summed E-state index contributed by atoms with van der Waals surface area (Å²) >= 11 is 0. The monoisotopic (exact) mass is 272 g/mol. The number of nitrogens with zero attached hydrogens (tertiary/aromatic N) is 1. The first kappa shape index (κ1) is 16.9. The Labute approximate surface area is 118 Å². The van der Waals surface area contributed by atoms with Crippen molar-refractivity contribution in [1.82, 2.24) is 10.2 Å². The molecule has 1 fully saturated rings. The van der Waals surface area contributed by atoms with E-state index in [4.69, 9.17) is 10.2 Å². The number of aliphatic hydroxyl groups excluding tert-OH is 2. The predicted molar refractivity (Wildman–Crippen MR) is 79.2 cm³/mol. The lowest BCUT2D eigenvalue weighted by molar-refractivity contribution is 0.0956. The molecule has 114 valence electrons. The number of aliphatic hydroxyl groups is 2. The lowest BCUT2D eigenvalue weighted by atomic mass is 9.80. The van der Waals surface area contributed by atoms with Crippen LogP contribution in [0.3, 0.4) is 0 Å². The maximum absolute atomic E-state index is 9.14. The second-order valence-corrected chi connectivity index (χ2v) is 7.08. The SMILES string of the molecule is CC(C)(C)CC1CC(NCCCO)CN(CCO)C1. The van der Waals surface area contributed by atoms with Crippen LogP contribution >= 0.6 is 0 Å². The van der Waals surface area contributed by atoms with E-state index in [1.54, 1.807) is 0 Å². The van der Waals surface area contributed by atoms with Crippen LogP contribution in [0.1, 0.15) is 40.0 Å². The molecule has 3 N–H and O–H groups in total. The fraction of sp³-hybridized carbons (Fsp3) is 1.00. The van der Waals surface area contributed by atoms with Gasteiger partial charge in [-0.1, -0.05) is 20.8 Å². The first-order valence-corrected chi connectivity index (χ1v) is 7.62. The van der Waals surface area contributed by atoms with Gasteiger partial charge in [0, 0.05) is 32.3 Å². The van der Waals surface area contributed by atoms with E-state index in [9.17, 15) is 0 Å². The van der Waals surface area contributed by atoms with Crippen LogP contribution in [-0.4, -0.2) is 60.5 Å². The molecule has 19 heavy (non-hydrogen) atoms. The summed E-state index contributed by atoms with van der Waals surface area (Å²) in [6.07, 6.45) is 3.26. The van der Waals surface area contributed by atoms with E-state index < -0.39 is 0 Å². The minimum absolute atomic E-state index is 0.242. The lowest BCUT2D eigenvalue weighted by Gasteiger charge is -2.40. The van der Waals surface area contributed by atoms with Crippen LogP contribution in [0.2, 0.25) is 0 Å². The van der Waals surface area contributed by atoms with Gasteiger partial charge in [0.05, 0.1) is 6.61 Å². The maximum Gasteiger partial charge on any atom is 0.0558 e. The number of piperidine rings is 1. The van der Waals surface area contributed by atoms with Crippen LogP contribution in [0, 0.1) is 11.3 Å². The molecule has 4 nitrogen and oxygen atoms in total. The lowest BCUT2D eigenvalue weighted by Crippen LogP contribution is -2.50. The number of likely N-dealkylation sites (tertiary alicyclic amines) is 1. The fourth-order valence-electron chi connectivity index (χ4n) is 3.17. The van der Waals surface area contributed by atoms with E-state index in [1.807, 2.05) is 0 Å². The van der Waals surface area contributed by atoms with Crippen molar-refractivity contribution in [2.75, 3.05) is 39.4 Å². The van der Waals surface area contributed by atoms with Crippen LogP contribution in [0.5, 0.6) is 0 Å². The molecule has 2 atom stereocenters. The van der Waals surface area contributed by atoms with Crippen LogP contribution in [0.15, 0.2) is 0 Å². The van der Waals surface area contributed by atoms with Gasteiger partial charge in [-0.3, -0.25) is 4.90 Å². The van der Waals surface area contributed by atoms with Crippen LogP contribution < -0.4 is 5.32 Å². The van der Waals surface area contributed by atoms with Crippen LogP contribution in [0.25, 0.3) is 0 Å². The molecule has 2 unspecified atom stereocenters. The highest BCUT2D eigenvalue weighted by atomic mass is 16.3. The minimum atomic E-state index is 0.242. The summed E-state index contributed by atoms with van der Waals surface area (Å²) in [5.41, 5.74) is 0.364. The zero-order chi connectivity index (χ0) is 14.3. The number of rotatable bonds is 7. The van der Waals surface area contributed by atoms with Crippen molar-refractivity contribution in [2.24, 2.45) is 11.3 Å². The largest absolute Gasteiger partial charge is 0.396 e. The Hall–Kier alpha value is -0.160. The van der Waals surface area contributed by atoms with E-state index in [1.165, 1.54) is 12.8 Å². The van der Waals surface area contributed by atoms with Gasteiger partial charge in [0.15, 0.2) is 0 Å². The molecule has 0 bridgehead atoms. The summed E-state index contributed by atoms with van der Waals surface area (Å²) < 4.78 is 0. The highest BCUT2D eigenvalue weighted by Crippen LogP contribution is 2.30. The third-order valence-electron chi connectivity index (χ3n) is 3.70. The molecule has 1 aliphatic rings. The molecular weight excluding hydrogens is 240 g/mol. The van der Waals surface area contributed by atoms with E-state index >= 15 is 0 Å². The van der Waals surface area contributed by atoms with Gasteiger partial charge in [0.25, 0.3) is 0 Å². The number of hydrogen-bond donors (Lipinski definition) is 3. The first-order valence-electron chi connectivity index (χ1n) is 7.62. The van der Waals surface area contributed by atoms with Crippen molar-refractivity contribution in [3.05, 3.63) is 0 Å². The average molecular weight is 272 g/mol. The molecule has 0 amide bonds. The van der Waals surface area contributed by atoms with Crippen molar-refractivity contribution < 1.29 is 10.2 Å². The van der Waals surface area contributed by atoms with Gasteiger partial charge in [-0.15, -0.1) is 0 Å². The van der Waals surface area contributed by atoms with E-state index in [0.717, 1.165) is 32.6 Å². The summed E-state index contributed by atoms with van der Waals surface area (Å²) in [6.45, 7) is 11.2. The molecule has 0 aliphatic carbocycles. The summed E-state index contributed by atoms with van der Waals surface area (Å²) in [4.78, 5) is 2.37. The molecule has 0 radical (unpaired) electrons. The average Bonchev–Trinajstić information content (AvgIpc) is 2.27. The number of nitrogens with one attached hydrogen (secondary N) is 1. The molecule has 1 aliphatic heterocycles. The first-order chi connectivity index (χ1) is 8.94. The van der Waals surface area contributed by atoms with E-state index in [2.05, 4.69) is 31.0 Å². The molecule has 0 aromatic carbocycles. The van der Waals surface area contributed by atoms with Gasteiger partial charge in [-0.2, -0.15) is 0 Å². The third-order valence-corrected chi connectivity index (χ3v) is 3.70. The van der Waals surface area contributed by atoms with Gasteiger partial charge < -0.3 is 15.5 Å². The van der Waals surface area contributed by atoms with Crippen LogP contribution in [-0.2, 0) is 0 Å². The Kier molecular flexibility index (Phi) is 7.29. The Morgan fingerprint density at radius 2 is 1.89 bits per heavy atom. The molecule has 0 saturated carbocycles. The summed E-state index contributed by atoms with van der Waals surface area (Å²) in [6, 6.07) is 0.499. The summed E-state index contributed by atoms with van der Waals surface area (Å²) in [7, 11) is 0. The van der Waals surface area contributed by atoms with E-state index in [-0.39, 0.29) is 13.2 Å². The molecule has 1 heterocycles. The van der Waals surface area contributed by atoms with Gasteiger partial charge in [-0.25, -0.2) is 0 Å².